The number of amidine groups is 1. The predicted octanol–water partition coefficient (Wildman–Crippen LogP) is 4.31. The van der Waals surface area contributed by atoms with Gasteiger partial charge in [-0.15, -0.1) is 6.58 Å². The molecule has 0 bridgehead atoms. The van der Waals surface area contributed by atoms with Crippen LogP contribution in [0.15, 0.2) is 41.9 Å². The smallest absolute Gasteiger partial charge is 0.242 e. The van der Waals surface area contributed by atoms with Gasteiger partial charge >= 0.3 is 0 Å². The lowest BCUT2D eigenvalue weighted by Crippen LogP contribution is -2.33. The van der Waals surface area contributed by atoms with E-state index in [1.807, 2.05) is 0 Å². The number of hydrogen-bond donors (Lipinski definition) is 1. The molecule has 1 aromatic carbocycles. The third kappa shape index (κ3) is 4.62. The molecule has 156 valence electrons. The molecule has 2 heterocycles. The van der Waals surface area contributed by atoms with E-state index in [4.69, 9.17) is 0 Å². The van der Waals surface area contributed by atoms with Gasteiger partial charge in [-0.05, 0) is 49.9 Å². The predicted molar refractivity (Wildman–Crippen MR) is 119 cm³/mol. The summed E-state index contributed by atoms with van der Waals surface area (Å²) >= 11 is 2.85. The van der Waals surface area contributed by atoms with Crippen LogP contribution in [0, 0.1) is 5.82 Å². The van der Waals surface area contributed by atoms with Crippen LogP contribution in [-0.4, -0.2) is 38.7 Å². The average Bonchev–Trinajstić information content (AvgIpc) is 3.26. The first-order valence-electron chi connectivity index (χ1n) is 9.75. The number of nitrogens with one attached hydrogen (secondary N) is 1. The Kier molecular flexibility index (Phi) is 6.29. The largest absolute Gasteiger partial charge is 0.326 e. The molecule has 0 spiro atoms. The fourth-order valence-electron chi connectivity index (χ4n) is 3.40. The van der Waals surface area contributed by atoms with Gasteiger partial charge < -0.3 is 5.32 Å². The van der Waals surface area contributed by atoms with Crippen molar-refractivity contribution in [2.45, 2.75) is 37.4 Å². The van der Waals surface area contributed by atoms with Crippen LogP contribution in [0.1, 0.15) is 29.8 Å². The number of thioether (sulfide) groups is 1. The first kappa shape index (κ1) is 20.7. The monoisotopic (exact) mass is 444 g/mol. The number of carbonyl (C=O) groups excluding carboxylic acids is 2. The second-order valence-electron chi connectivity index (χ2n) is 7.07. The number of amides is 2. The normalized spacial score (nSPS) is 19.8. The van der Waals surface area contributed by atoms with Gasteiger partial charge in [0.05, 0.1) is 5.69 Å². The molecule has 0 saturated carbocycles. The first-order chi connectivity index (χ1) is 14.5. The van der Waals surface area contributed by atoms with E-state index in [-0.39, 0.29) is 24.1 Å². The number of aliphatic imine (C=N–C) groups is 1. The van der Waals surface area contributed by atoms with Gasteiger partial charge in [-0.3, -0.25) is 14.5 Å². The lowest BCUT2D eigenvalue weighted by Gasteiger charge is -2.13. The zero-order chi connectivity index (χ0) is 21.1. The Hall–Kier alpha value is -2.52. The topological polar surface area (TPSA) is 74.7 Å². The zero-order valence-corrected chi connectivity index (χ0v) is 17.9. The quantitative estimate of drug-likeness (QED) is 0.674. The molecular weight excluding hydrogens is 423 g/mol. The van der Waals surface area contributed by atoms with E-state index >= 15 is 0 Å². The molecule has 6 nitrogen and oxygen atoms in total. The molecular formula is C21H21FN4O2S2. The Bertz CT molecular complexity index is 979. The maximum atomic E-state index is 13.0. The van der Waals surface area contributed by atoms with Crippen LogP contribution in [0.3, 0.4) is 0 Å². The van der Waals surface area contributed by atoms with Gasteiger partial charge in [-0.1, -0.05) is 29.2 Å². The van der Waals surface area contributed by atoms with Crippen molar-refractivity contribution in [1.29, 1.82) is 0 Å². The number of aryl methyl sites for hydroxylation is 2. The fraction of sp³-hybridized carbons (Fsp3) is 0.333. The summed E-state index contributed by atoms with van der Waals surface area (Å²) in [5.74, 6) is -0.856. The van der Waals surface area contributed by atoms with Crippen LogP contribution >= 0.6 is 23.1 Å². The molecule has 1 saturated heterocycles. The number of benzene rings is 1. The molecule has 2 aromatic rings. The standard InChI is InChI=1S/C21H21FN4O2S2/c1-2-11-26-19(28)17(12-18(27)23-14-9-7-13(22)8-10-14)30-21(26)25-20-24-15-5-3-4-6-16(15)29-20/h2,7-10,17H,1,3-6,11-12H2,(H,23,27)/t17-/m0/s1. The molecule has 1 atom stereocenters. The van der Waals surface area contributed by atoms with E-state index in [1.54, 1.807) is 22.3 Å². The van der Waals surface area contributed by atoms with Crippen molar-refractivity contribution < 1.29 is 14.0 Å². The summed E-state index contributed by atoms with van der Waals surface area (Å²) in [4.78, 5) is 37.3. The lowest BCUT2D eigenvalue weighted by atomic mass is 10.0. The van der Waals surface area contributed by atoms with Gasteiger partial charge in [0.25, 0.3) is 0 Å². The average molecular weight is 445 g/mol. The van der Waals surface area contributed by atoms with Crippen molar-refractivity contribution in [1.82, 2.24) is 9.88 Å². The molecule has 30 heavy (non-hydrogen) atoms. The number of carbonyl (C=O) groups is 2. The molecule has 1 aromatic heterocycles. The molecule has 1 aliphatic heterocycles. The highest BCUT2D eigenvalue weighted by atomic mass is 32.2. The van der Waals surface area contributed by atoms with E-state index < -0.39 is 5.25 Å². The third-order valence-electron chi connectivity index (χ3n) is 4.86. The molecule has 0 radical (unpaired) electrons. The Morgan fingerprint density at radius 2 is 2.10 bits per heavy atom. The Labute approximate surface area is 182 Å². The highest BCUT2D eigenvalue weighted by Crippen LogP contribution is 2.35. The fourth-order valence-corrected chi connectivity index (χ4v) is 5.63. The van der Waals surface area contributed by atoms with Crippen LogP contribution in [0.5, 0.6) is 0 Å². The number of thiazole rings is 1. The lowest BCUT2D eigenvalue weighted by molar-refractivity contribution is -0.127. The summed E-state index contributed by atoms with van der Waals surface area (Å²) in [6, 6.07) is 5.51. The second-order valence-corrected chi connectivity index (χ2v) is 9.30. The molecule has 2 aliphatic rings. The van der Waals surface area contributed by atoms with Gasteiger partial charge in [0, 0.05) is 23.5 Å². The van der Waals surface area contributed by atoms with Gasteiger partial charge in [0.15, 0.2) is 5.17 Å². The summed E-state index contributed by atoms with van der Waals surface area (Å²) in [5.41, 5.74) is 1.60. The maximum Gasteiger partial charge on any atom is 0.242 e. The van der Waals surface area contributed by atoms with Crippen LogP contribution < -0.4 is 5.32 Å². The molecule has 4 rings (SSSR count). The number of fused-ring (bicyclic) bond motifs is 1. The molecule has 0 unspecified atom stereocenters. The minimum absolute atomic E-state index is 0.00189. The number of hydrogen-bond acceptors (Lipinski definition) is 6. The Morgan fingerprint density at radius 1 is 1.33 bits per heavy atom. The van der Waals surface area contributed by atoms with Gasteiger partial charge in [0.1, 0.15) is 11.1 Å². The summed E-state index contributed by atoms with van der Waals surface area (Å²) in [7, 11) is 0. The minimum atomic E-state index is -0.571. The van der Waals surface area contributed by atoms with E-state index in [0.717, 1.165) is 25.0 Å². The Balaban J connectivity index is 1.48. The van der Waals surface area contributed by atoms with Crippen molar-refractivity contribution in [2.24, 2.45) is 4.99 Å². The summed E-state index contributed by atoms with van der Waals surface area (Å²) in [6.45, 7) is 4.05. The maximum absolute atomic E-state index is 13.0. The van der Waals surface area contributed by atoms with Gasteiger partial charge in [-0.25, -0.2) is 9.37 Å². The highest BCUT2D eigenvalue weighted by Gasteiger charge is 2.39. The van der Waals surface area contributed by atoms with Crippen molar-refractivity contribution >= 4 is 50.9 Å². The zero-order valence-electron chi connectivity index (χ0n) is 16.3. The van der Waals surface area contributed by atoms with E-state index in [2.05, 4.69) is 21.9 Å². The molecule has 2 amide bonds. The molecule has 9 heteroatoms. The van der Waals surface area contributed by atoms with Crippen LogP contribution in [-0.2, 0) is 22.4 Å². The van der Waals surface area contributed by atoms with Crippen LogP contribution in [0.4, 0.5) is 15.2 Å². The molecule has 1 N–H and O–H groups in total. The number of nitrogens with zero attached hydrogens (tertiary/aromatic N) is 3. The highest BCUT2D eigenvalue weighted by molar-refractivity contribution is 8.15. The Morgan fingerprint density at radius 3 is 2.83 bits per heavy atom. The van der Waals surface area contributed by atoms with Gasteiger partial charge in [0.2, 0.25) is 16.9 Å². The number of halogens is 1. The summed E-state index contributed by atoms with van der Waals surface area (Å²) in [6.07, 6.45) is 5.97. The SMILES string of the molecule is C=CCN1C(=O)[C@H](CC(=O)Nc2ccc(F)cc2)SC1=Nc1nc2c(s1)CCCC2. The first-order valence-corrected chi connectivity index (χ1v) is 11.4. The van der Waals surface area contributed by atoms with Crippen molar-refractivity contribution in [3.8, 4) is 0 Å². The van der Waals surface area contributed by atoms with Crippen molar-refractivity contribution in [3.05, 3.63) is 53.3 Å². The second kappa shape index (κ2) is 9.09. The van der Waals surface area contributed by atoms with E-state index in [1.165, 1.54) is 47.3 Å². The van der Waals surface area contributed by atoms with Crippen LogP contribution in [0.25, 0.3) is 0 Å². The van der Waals surface area contributed by atoms with Crippen molar-refractivity contribution in [2.75, 3.05) is 11.9 Å². The number of anilines is 1. The van der Waals surface area contributed by atoms with Crippen molar-refractivity contribution in [3.63, 3.8) is 0 Å². The number of aromatic nitrogens is 1. The van der Waals surface area contributed by atoms with Crippen LogP contribution in [0.2, 0.25) is 0 Å². The molecule has 1 fully saturated rings. The summed E-state index contributed by atoms with van der Waals surface area (Å²) < 4.78 is 13.0. The number of rotatable bonds is 6. The van der Waals surface area contributed by atoms with E-state index in [9.17, 15) is 14.0 Å². The third-order valence-corrected chi connectivity index (χ3v) is 7.08. The van der Waals surface area contributed by atoms with E-state index in [0.29, 0.717) is 22.5 Å². The minimum Gasteiger partial charge on any atom is -0.326 e. The van der Waals surface area contributed by atoms with Gasteiger partial charge in [-0.2, -0.15) is 4.99 Å². The summed E-state index contributed by atoms with van der Waals surface area (Å²) in [5, 5.41) is 3.33. The molecule has 1 aliphatic carbocycles.